The summed E-state index contributed by atoms with van der Waals surface area (Å²) in [6, 6.07) is 75.3. The summed E-state index contributed by atoms with van der Waals surface area (Å²) in [5.74, 6) is 0. The van der Waals surface area contributed by atoms with Crippen LogP contribution in [0.25, 0.3) is 110 Å². The maximum atomic E-state index is 2.45. The molecule has 4 heterocycles. The molecule has 0 bridgehead atoms. The van der Waals surface area contributed by atoms with E-state index in [1.54, 1.807) is 0 Å². The number of aromatic nitrogens is 4. The average Bonchev–Trinajstić information content (AvgIpc) is 4.01. The molecule has 0 spiro atoms. The predicted molar refractivity (Wildman–Crippen MR) is 244 cm³/mol. The molecule has 0 fully saturated rings. The number of hydrogen-bond acceptors (Lipinski definition) is 0. The van der Waals surface area contributed by atoms with Gasteiger partial charge in [-0.15, -0.1) is 0 Å². The molecule has 0 aliphatic carbocycles. The summed E-state index contributed by atoms with van der Waals surface area (Å²) >= 11 is 0. The molecule has 0 aliphatic rings. The molecule has 4 heteroatoms. The second-order valence-corrected chi connectivity index (χ2v) is 15.3. The second kappa shape index (κ2) is 11.8. The molecule has 4 nitrogen and oxygen atoms in total. The molecule has 0 aliphatic heterocycles. The maximum absolute atomic E-state index is 2.45. The molecule has 270 valence electrons. The van der Waals surface area contributed by atoms with Crippen molar-refractivity contribution in [3.05, 3.63) is 206 Å². The molecule has 0 N–H and O–H groups in total. The number of rotatable bonds is 4. The normalized spacial score (nSPS) is 12.1. The van der Waals surface area contributed by atoms with E-state index in [1.165, 1.54) is 92.9 Å². The van der Waals surface area contributed by atoms with Crippen molar-refractivity contribution < 1.29 is 0 Å². The third-order valence-electron chi connectivity index (χ3n) is 12.3. The number of hydrogen-bond donors (Lipinski definition) is 0. The van der Waals surface area contributed by atoms with Crippen LogP contribution < -0.4 is 0 Å². The first-order valence-electron chi connectivity index (χ1n) is 20.0. The van der Waals surface area contributed by atoms with Crippen LogP contribution in [0.4, 0.5) is 0 Å². The van der Waals surface area contributed by atoms with E-state index < -0.39 is 0 Å². The third-order valence-corrected chi connectivity index (χ3v) is 12.3. The van der Waals surface area contributed by atoms with Gasteiger partial charge in [-0.25, -0.2) is 0 Å². The van der Waals surface area contributed by atoms with E-state index in [4.69, 9.17) is 0 Å². The summed E-state index contributed by atoms with van der Waals surface area (Å²) in [4.78, 5) is 0. The molecular weight excluding hydrogens is 705 g/mol. The van der Waals surface area contributed by atoms with Crippen molar-refractivity contribution in [1.82, 2.24) is 18.3 Å². The molecule has 58 heavy (non-hydrogen) atoms. The highest BCUT2D eigenvalue weighted by atomic mass is 15.0. The highest BCUT2D eigenvalue weighted by molar-refractivity contribution is 6.26. The number of para-hydroxylation sites is 6. The Morgan fingerprint density at radius 2 is 0.569 bits per heavy atom. The number of benzene rings is 9. The van der Waals surface area contributed by atoms with E-state index in [-0.39, 0.29) is 0 Å². The second-order valence-electron chi connectivity index (χ2n) is 15.3. The van der Waals surface area contributed by atoms with Gasteiger partial charge in [-0.3, -0.25) is 0 Å². The maximum Gasteiger partial charge on any atom is 0.0641 e. The van der Waals surface area contributed by atoms with Crippen LogP contribution in [0.1, 0.15) is 0 Å². The molecule has 4 aromatic heterocycles. The van der Waals surface area contributed by atoms with Crippen LogP contribution in [0.15, 0.2) is 206 Å². The molecule has 0 saturated heterocycles. The molecule has 9 aromatic carbocycles. The number of fused-ring (bicyclic) bond motifs is 13. The minimum Gasteiger partial charge on any atom is -0.309 e. The Labute approximate surface area is 333 Å². The fourth-order valence-corrected chi connectivity index (χ4v) is 9.95. The molecule has 0 atom stereocenters. The molecule has 0 amide bonds. The molecule has 13 aromatic rings. The Balaban J connectivity index is 1.04. The van der Waals surface area contributed by atoms with Crippen LogP contribution in [-0.4, -0.2) is 18.3 Å². The van der Waals surface area contributed by atoms with Crippen LogP contribution in [0.3, 0.4) is 0 Å². The van der Waals surface area contributed by atoms with Crippen molar-refractivity contribution in [2.45, 2.75) is 0 Å². The first-order chi connectivity index (χ1) is 28.8. The largest absolute Gasteiger partial charge is 0.309 e. The van der Waals surface area contributed by atoms with Crippen LogP contribution in [-0.2, 0) is 0 Å². The first-order valence-corrected chi connectivity index (χ1v) is 20.0. The summed E-state index contributed by atoms with van der Waals surface area (Å²) in [5, 5.41) is 10.0. The lowest BCUT2D eigenvalue weighted by Crippen LogP contribution is -1.97. The lowest BCUT2D eigenvalue weighted by atomic mass is 10.1. The highest BCUT2D eigenvalue weighted by Crippen LogP contribution is 2.43. The minimum atomic E-state index is 1.13. The lowest BCUT2D eigenvalue weighted by Gasteiger charge is -2.12. The van der Waals surface area contributed by atoms with Gasteiger partial charge in [0, 0.05) is 65.8 Å². The van der Waals surface area contributed by atoms with E-state index in [2.05, 4.69) is 225 Å². The SMILES string of the molecule is c1ccc(-n2c3ccccc3c3cc4c(cc32)c2ccccc2n4-c2ccc(-n3c4ccccc4c4c3ccc3c5ccccc5n(-c5ccccc5)c34)cc2)cc1. The zero-order valence-corrected chi connectivity index (χ0v) is 31.4. The smallest absolute Gasteiger partial charge is 0.0641 e. The molecule has 0 unspecified atom stereocenters. The third kappa shape index (κ3) is 4.23. The summed E-state index contributed by atoms with van der Waals surface area (Å²) in [5.41, 5.74) is 14.2. The lowest BCUT2D eigenvalue weighted by molar-refractivity contribution is 1.14. The number of nitrogens with zero attached hydrogens (tertiary/aromatic N) is 4. The van der Waals surface area contributed by atoms with E-state index in [9.17, 15) is 0 Å². The topological polar surface area (TPSA) is 19.7 Å². The van der Waals surface area contributed by atoms with E-state index in [0.29, 0.717) is 0 Å². The summed E-state index contributed by atoms with van der Waals surface area (Å²) < 4.78 is 9.73. The minimum absolute atomic E-state index is 1.13. The zero-order chi connectivity index (χ0) is 37.9. The summed E-state index contributed by atoms with van der Waals surface area (Å²) in [6.07, 6.45) is 0. The Morgan fingerprint density at radius 3 is 1.09 bits per heavy atom. The van der Waals surface area contributed by atoms with Crippen LogP contribution in [0.2, 0.25) is 0 Å². The van der Waals surface area contributed by atoms with E-state index >= 15 is 0 Å². The van der Waals surface area contributed by atoms with Gasteiger partial charge < -0.3 is 18.3 Å². The Bertz CT molecular complexity index is 3770. The first kappa shape index (κ1) is 31.4. The molecular formula is C54H34N4. The van der Waals surface area contributed by atoms with Crippen molar-refractivity contribution >= 4 is 87.2 Å². The van der Waals surface area contributed by atoms with Crippen LogP contribution in [0, 0.1) is 0 Å². The van der Waals surface area contributed by atoms with Crippen molar-refractivity contribution in [2.75, 3.05) is 0 Å². The van der Waals surface area contributed by atoms with Gasteiger partial charge in [0.05, 0.1) is 44.1 Å². The van der Waals surface area contributed by atoms with Gasteiger partial charge in [0.15, 0.2) is 0 Å². The van der Waals surface area contributed by atoms with Crippen LogP contribution in [0.5, 0.6) is 0 Å². The Kier molecular flexibility index (Phi) is 6.41. The van der Waals surface area contributed by atoms with Gasteiger partial charge in [0.2, 0.25) is 0 Å². The standard InChI is InChI=1S/C54H34N4/c1-3-15-35(16-4-1)56-46-23-11-8-20-40(46)44-34-52-45(33-51(44)56)41-21-9-12-24-47(41)57(52)38-29-27-37(28-30-38)55-49-26-14-10-22-43(49)53-50(55)32-31-42-39-19-7-13-25-48(39)58(54(42)53)36-17-5-2-6-18-36/h1-34H. The Hall–Kier alpha value is -7.82. The fourth-order valence-electron chi connectivity index (χ4n) is 9.95. The quantitative estimate of drug-likeness (QED) is 0.171. The molecule has 0 saturated carbocycles. The van der Waals surface area contributed by atoms with Gasteiger partial charge in [0.25, 0.3) is 0 Å². The summed E-state index contributed by atoms with van der Waals surface area (Å²) in [6.45, 7) is 0. The predicted octanol–water partition coefficient (Wildman–Crippen LogP) is 14.1. The van der Waals surface area contributed by atoms with E-state index in [0.717, 1.165) is 17.1 Å². The van der Waals surface area contributed by atoms with Crippen molar-refractivity contribution in [3.63, 3.8) is 0 Å². The highest BCUT2D eigenvalue weighted by Gasteiger charge is 2.22. The average molecular weight is 739 g/mol. The van der Waals surface area contributed by atoms with Gasteiger partial charge in [-0.2, -0.15) is 0 Å². The Morgan fingerprint density at radius 1 is 0.207 bits per heavy atom. The van der Waals surface area contributed by atoms with Crippen LogP contribution >= 0.6 is 0 Å². The van der Waals surface area contributed by atoms with Gasteiger partial charge in [-0.05, 0) is 91.0 Å². The molecule has 0 radical (unpaired) electrons. The zero-order valence-electron chi connectivity index (χ0n) is 31.4. The van der Waals surface area contributed by atoms with Crippen molar-refractivity contribution in [2.24, 2.45) is 0 Å². The fraction of sp³-hybridized carbons (Fsp3) is 0. The van der Waals surface area contributed by atoms with Crippen molar-refractivity contribution in [1.29, 1.82) is 0 Å². The molecule has 13 rings (SSSR count). The van der Waals surface area contributed by atoms with Crippen molar-refractivity contribution in [3.8, 4) is 22.7 Å². The van der Waals surface area contributed by atoms with Gasteiger partial charge >= 0.3 is 0 Å². The van der Waals surface area contributed by atoms with E-state index in [1.807, 2.05) is 0 Å². The van der Waals surface area contributed by atoms with Gasteiger partial charge in [0.1, 0.15) is 0 Å². The monoisotopic (exact) mass is 738 g/mol. The summed E-state index contributed by atoms with van der Waals surface area (Å²) in [7, 11) is 0. The van der Waals surface area contributed by atoms with Gasteiger partial charge in [-0.1, -0.05) is 115 Å².